The highest BCUT2D eigenvalue weighted by Gasteiger charge is 2.14. The van der Waals surface area contributed by atoms with E-state index in [1.54, 1.807) is 6.92 Å². The van der Waals surface area contributed by atoms with Crippen molar-refractivity contribution in [2.24, 2.45) is 5.10 Å². The SMILES string of the molecule is CCOc1cc(C(=O)N/N=C/c2ccc(F)s2)ccc1OC(F)F. The van der Waals surface area contributed by atoms with Crippen LogP contribution in [0.25, 0.3) is 0 Å². The fraction of sp³-hybridized carbons (Fsp3) is 0.200. The predicted octanol–water partition coefficient (Wildman–Crippen LogP) is 3.65. The molecule has 5 nitrogen and oxygen atoms in total. The lowest BCUT2D eigenvalue weighted by Gasteiger charge is -2.12. The molecule has 1 N–H and O–H groups in total. The van der Waals surface area contributed by atoms with Crippen molar-refractivity contribution in [3.63, 3.8) is 0 Å². The molecule has 1 amide bonds. The van der Waals surface area contributed by atoms with Crippen LogP contribution in [0.2, 0.25) is 0 Å². The van der Waals surface area contributed by atoms with Gasteiger partial charge in [-0.3, -0.25) is 4.79 Å². The molecule has 1 heterocycles. The highest BCUT2D eigenvalue weighted by atomic mass is 32.1. The summed E-state index contributed by atoms with van der Waals surface area (Å²) >= 11 is 0.877. The van der Waals surface area contributed by atoms with Crippen molar-refractivity contribution in [2.75, 3.05) is 6.61 Å². The summed E-state index contributed by atoms with van der Waals surface area (Å²) in [7, 11) is 0. The Kier molecular flexibility index (Phi) is 6.19. The molecule has 128 valence electrons. The van der Waals surface area contributed by atoms with E-state index in [9.17, 15) is 18.0 Å². The highest BCUT2D eigenvalue weighted by Crippen LogP contribution is 2.29. The van der Waals surface area contributed by atoms with Crippen LogP contribution in [0.1, 0.15) is 22.2 Å². The van der Waals surface area contributed by atoms with E-state index in [0.717, 1.165) is 11.3 Å². The smallest absolute Gasteiger partial charge is 0.387 e. The third kappa shape index (κ3) is 4.98. The van der Waals surface area contributed by atoms with Crippen molar-refractivity contribution in [3.05, 3.63) is 45.9 Å². The van der Waals surface area contributed by atoms with Crippen molar-refractivity contribution < 1.29 is 27.4 Å². The van der Waals surface area contributed by atoms with Gasteiger partial charge in [0.25, 0.3) is 5.91 Å². The number of carbonyl (C=O) groups is 1. The largest absolute Gasteiger partial charge is 0.490 e. The van der Waals surface area contributed by atoms with Gasteiger partial charge in [-0.2, -0.15) is 18.3 Å². The highest BCUT2D eigenvalue weighted by molar-refractivity contribution is 7.12. The molecular weight excluding hydrogens is 345 g/mol. The molecular formula is C15H13F3N2O3S. The standard InChI is InChI=1S/C15H13F3N2O3S/c1-2-22-12-7-9(3-5-11(12)23-15(17)18)14(21)20-19-8-10-4-6-13(16)24-10/h3-8,15H,2H2,1H3,(H,20,21)/b19-8+. The first-order chi connectivity index (χ1) is 11.5. The van der Waals surface area contributed by atoms with Crippen LogP contribution in [0.15, 0.2) is 35.4 Å². The normalized spacial score (nSPS) is 11.0. The maximum atomic E-state index is 12.8. The summed E-state index contributed by atoms with van der Waals surface area (Å²) in [6, 6.07) is 6.58. The number of hydrogen-bond acceptors (Lipinski definition) is 5. The number of amides is 1. The monoisotopic (exact) mass is 358 g/mol. The van der Waals surface area contributed by atoms with Gasteiger partial charge in [0.1, 0.15) is 0 Å². The quantitative estimate of drug-likeness (QED) is 0.607. The van der Waals surface area contributed by atoms with Crippen LogP contribution in [-0.2, 0) is 0 Å². The second kappa shape index (κ2) is 8.34. The number of nitrogens with one attached hydrogen (secondary N) is 1. The summed E-state index contributed by atoms with van der Waals surface area (Å²) in [5.74, 6) is -0.719. The third-order valence-corrected chi connectivity index (χ3v) is 3.48. The molecule has 9 heteroatoms. The van der Waals surface area contributed by atoms with Crippen molar-refractivity contribution in [1.82, 2.24) is 5.43 Å². The van der Waals surface area contributed by atoms with Crippen LogP contribution in [-0.4, -0.2) is 25.3 Å². The lowest BCUT2D eigenvalue weighted by molar-refractivity contribution is -0.0514. The zero-order valence-electron chi connectivity index (χ0n) is 12.5. The zero-order chi connectivity index (χ0) is 17.5. The Balaban J connectivity index is 2.08. The van der Waals surface area contributed by atoms with E-state index in [2.05, 4.69) is 15.3 Å². The number of thiophene rings is 1. The van der Waals surface area contributed by atoms with E-state index in [1.165, 1.54) is 36.5 Å². The molecule has 0 radical (unpaired) electrons. The van der Waals surface area contributed by atoms with Gasteiger partial charge in [-0.1, -0.05) is 0 Å². The van der Waals surface area contributed by atoms with Crippen molar-refractivity contribution in [2.45, 2.75) is 13.5 Å². The Labute approximate surface area is 139 Å². The molecule has 0 spiro atoms. The molecule has 0 unspecified atom stereocenters. The van der Waals surface area contributed by atoms with Gasteiger partial charge in [-0.25, -0.2) is 5.43 Å². The van der Waals surface area contributed by atoms with Gasteiger partial charge in [-0.15, -0.1) is 11.3 Å². The summed E-state index contributed by atoms with van der Waals surface area (Å²) in [4.78, 5) is 12.5. The van der Waals surface area contributed by atoms with Gasteiger partial charge < -0.3 is 9.47 Å². The molecule has 0 aliphatic heterocycles. The lowest BCUT2D eigenvalue weighted by atomic mass is 10.2. The van der Waals surface area contributed by atoms with Crippen LogP contribution in [0.3, 0.4) is 0 Å². The summed E-state index contributed by atoms with van der Waals surface area (Å²) in [6.07, 6.45) is 1.30. The van der Waals surface area contributed by atoms with E-state index >= 15 is 0 Å². The third-order valence-electron chi connectivity index (χ3n) is 2.67. The first-order valence-electron chi connectivity index (χ1n) is 6.80. The molecule has 0 aliphatic rings. The Bertz CT molecular complexity index is 735. The number of nitrogens with zero attached hydrogens (tertiary/aromatic N) is 1. The average molecular weight is 358 g/mol. The Morgan fingerprint density at radius 1 is 1.33 bits per heavy atom. The van der Waals surface area contributed by atoms with Crippen molar-refractivity contribution >= 4 is 23.5 Å². The molecule has 1 aromatic carbocycles. The van der Waals surface area contributed by atoms with Gasteiger partial charge in [0, 0.05) is 5.56 Å². The fourth-order valence-electron chi connectivity index (χ4n) is 1.73. The number of alkyl halides is 2. The Hall–Kier alpha value is -2.55. The topological polar surface area (TPSA) is 59.9 Å². The number of benzene rings is 1. The molecule has 1 aromatic heterocycles. The van der Waals surface area contributed by atoms with Crippen LogP contribution < -0.4 is 14.9 Å². The number of hydrazone groups is 1. The Morgan fingerprint density at radius 2 is 2.12 bits per heavy atom. The number of ether oxygens (including phenoxy) is 2. The molecule has 0 aliphatic carbocycles. The predicted molar refractivity (Wildman–Crippen MR) is 83.6 cm³/mol. The average Bonchev–Trinajstić information content (AvgIpc) is 2.94. The number of carbonyl (C=O) groups excluding carboxylic acids is 1. The number of hydrogen-bond donors (Lipinski definition) is 1. The fourth-order valence-corrected chi connectivity index (χ4v) is 2.33. The van der Waals surface area contributed by atoms with E-state index in [0.29, 0.717) is 4.88 Å². The maximum absolute atomic E-state index is 12.8. The van der Waals surface area contributed by atoms with Crippen LogP contribution in [0.4, 0.5) is 13.2 Å². The first-order valence-corrected chi connectivity index (χ1v) is 7.61. The van der Waals surface area contributed by atoms with E-state index in [-0.39, 0.29) is 28.8 Å². The van der Waals surface area contributed by atoms with Gasteiger partial charge in [0.2, 0.25) is 0 Å². The second-order valence-corrected chi connectivity index (χ2v) is 5.38. The minimum Gasteiger partial charge on any atom is -0.490 e. The molecule has 0 fully saturated rings. The van der Waals surface area contributed by atoms with Gasteiger partial charge >= 0.3 is 6.61 Å². The molecule has 2 rings (SSSR count). The molecule has 0 atom stereocenters. The molecule has 24 heavy (non-hydrogen) atoms. The summed E-state index contributed by atoms with van der Waals surface area (Å²) in [5.41, 5.74) is 2.40. The summed E-state index contributed by atoms with van der Waals surface area (Å²) in [6.45, 7) is -1.12. The van der Waals surface area contributed by atoms with E-state index < -0.39 is 12.5 Å². The molecule has 0 saturated carbocycles. The van der Waals surface area contributed by atoms with Crippen LogP contribution in [0, 0.1) is 5.13 Å². The second-order valence-electron chi connectivity index (χ2n) is 4.31. The molecule has 0 bridgehead atoms. The maximum Gasteiger partial charge on any atom is 0.387 e. The van der Waals surface area contributed by atoms with Gasteiger partial charge in [-0.05, 0) is 37.3 Å². The number of rotatable bonds is 7. The zero-order valence-corrected chi connectivity index (χ0v) is 13.3. The van der Waals surface area contributed by atoms with Crippen LogP contribution >= 0.6 is 11.3 Å². The summed E-state index contributed by atoms with van der Waals surface area (Å²) < 4.78 is 47.0. The minimum absolute atomic E-state index is 0.0229. The van der Waals surface area contributed by atoms with E-state index in [1.807, 2.05) is 0 Å². The summed E-state index contributed by atoms with van der Waals surface area (Å²) in [5, 5.41) is 3.34. The first kappa shape index (κ1) is 17.8. The van der Waals surface area contributed by atoms with Gasteiger partial charge in [0.15, 0.2) is 16.6 Å². The lowest BCUT2D eigenvalue weighted by Crippen LogP contribution is -2.17. The Morgan fingerprint density at radius 3 is 2.75 bits per heavy atom. The van der Waals surface area contributed by atoms with Gasteiger partial charge in [0.05, 0.1) is 17.7 Å². The molecule has 0 saturated heterocycles. The minimum atomic E-state index is -3.00. The van der Waals surface area contributed by atoms with Crippen LogP contribution in [0.5, 0.6) is 11.5 Å². The van der Waals surface area contributed by atoms with Crippen molar-refractivity contribution in [3.8, 4) is 11.5 Å². The molecule has 2 aromatic rings. The number of halogens is 3. The van der Waals surface area contributed by atoms with E-state index in [4.69, 9.17) is 4.74 Å². The van der Waals surface area contributed by atoms with Crippen molar-refractivity contribution in [1.29, 1.82) is 0 Å².